The van der Waals surface area contributed by atoms with Crippen LogP contribution in [-0.2, 0) is 0 Å². The number of halogens is 1. The fourth-order valence-corrected chi connectivity index (χ4v) is 3.39. The number of aromatic nitrogens is 1. The minimum Gasteiger partial charge on any atom is -0.492 e. The molecule has 1 aromatic heterocycles. The molecule has 8 heteroatoms. The first-order valence-corrected chi connectivity index (χ1v) is 10.3. The zero-order chi connectivity index (χ0) is 21.8. The van der Waals surface area contributed by atoms with Crippen LogP contribution in [0.15, 0.2) is 71.1 Å². The zero-order valence-electron chi connectivity index (χ0n) is 16.5. The molecule has 4 rings (SSSR count). The summed E-state index contributed by atoms with van der Waals surface area (Å²) in [6.07, 6.45) is 0. The first-order chi connectivity index (χ1) is 15.0. The second-order valence-corrected chi connectivity index (χ2v) is 7.37. The molecule has 0 saturated heterocycles. The Morgan fingerprint density at radius 1 is 1.13 bits per heavy atom. The van der Waals surface area contributed by atoms with E-state index in [2.05, 4.69) is 15.6 Å². The number of hydrogen-bond acceptors (Lipinski definition) is 5. The highest BCUT2D eigenvalue weighted by atomic mass is 35.5. The first-order valence-electron chi connectivity index (χ1n) is 9.54. The minimum atomic E-state index is -0.370. The number of rotatable bonds is 5. The minimum absolute atomic E-state index is 0.171. The molecule has 3 aromatic carbocycles. The molecular weight excluding hydrogens is 434 g/mol. The van der Waals surface area contributed by atoms with Crippen molar-refractivity contribution in [1.29, 1.82) is 0 Å². The SMILES string of the molecule is CCOc1ccc(C(=O)NC(=S)Nc2ccc(-c3nc4ccccc4o3)cc2)cc1Cl. The van der Waals surface area contributed by atoms with Gasteiger partial charge in [-0.1, -0.05) is 23.7 Å². The second kappa shape index (κ2) is 9.16. The lowest BCUT2D eigenvalue weighted by atomic mass is 10.2. The number of ether oxygens (including phenoxy) is 1. The quantitative estimate of drug-likeness (QED) is 0.380. The summed E-state index contributed by atoms with van der Waals surface area (Å²) in [5.74, 6) is 0.696. The molecule has 0 spiro atoms. The summed E-state index contributed by atoms with van der Waals surface area (Å²) >= 11 is 11.4. The van der Waals surface area contributed by atoms with Crippen LogP contribution < -0.4 is 15.4 Å². The molecule has 0 fully saturated rings. The van der Waals surface area contributed by atoms with Crippen LogP contribution in [0.4, 0.5) is 5.69 Å². The normalized spacial score (nSPS) is 10.6. The number of nitrogens with zero attached hydrogens (tertiary/aromatic N) is 1. The Kier molecular flexibility index (Phi) is 6.16. The van der Waals surface area contributed by atoms with Crippen molar-refractivity contribution in [2.24, 2.45) is 0 Å². The third kappa shape index (κ3) is 4.84. The van der Waals surface area contributed by atoms with E-state index in [4.69, 9.17) is 33.0 Å². The molecule has 0 unspecified atom stereocenters. The summed E-state index contributed by atoms with van der Waals surface area (Å²) in [5, 5.41) is 6.16. The van der Waals surface area contributed by atoms with E-state index in [-0.39, 0.29) is 11.0 Å². The number of thiocarbonyl (C=S) groups is 1. The van der Waals surface area contributed by atoms with E-state index in [9.17, 15) is 4.79 Å². The Labute approximate surface area is 189 Å². The molecule has 0 atom stereocenters. The number of nitrogens with one attached hydrogen (secondary N) is 2. The highest BCUT2D eigenvalue weighted by molar-refractivity contribution is 7.80. The van der Waals surface area contributed by atoms with Crippen LogP contribution in [0, 0.1) is 0 Å². The fourth-order valence-electron chi connectivity index (χ4n) is 2.94. The molecule has 6 nitrogen and oxygen atoms in total. The Balaban J connectivity index is 1.39. The largest absolute Gasteiger partial charge is 0.492 e. The summed E-state index contributed by atoms with van der Waals surface area (Å²) < 4.78 is 11.2. The van der Waals surface area contributed by atoms with Crippen LogP contribution in [0.2, 0.25) is 5.02 Å². The van der Waals surface area contributed by atoms with Crippen molar-refractivity contribution in [2.45, 2.75) is 6.92 Å². The van der Waals surface area contributed by atoms with Crippen molar-refractivity contribution in [1.82, 2.24) is 10.3 Å². The maximum absolute atomic E-state index is 12.4. The van der Waals surface area contributed by atoms with Crippen molar-refractivity contribution in [2.75, 3.05) is 11.9 Å². The summed E-state index contributed by atoms with van der Waals surface area (Å²) in [5.41, 5.74) is 3.47. The van der Waals surface area contributed by atoms with Gasteiger partial charge in [0, 0.05) is 16.8 Å². The monoisotopic (exact) mass is 451 g/mol. The number of para-hydroxylation sites is 2. The predicted octanol–water partition coefficient (Wildman–Crippen LogP) is 5.67. The Morgan fingerprint density at radius 2 is 1.90 bits per heavy atom. The van der Waals surface area contributed by atoms with Crippen molar-refractivity contribution in [3.63, 3.8) is 0 Å². The summed E-state index contributed by atoms with van der Waals surface area (Å²) in [6, 6.07) is 19.8. The summed E-state index contributed by atoms with van der Waals surface area (Å²) in [6.45, 7) is 2.35. The van der Waals surface area contributed by atoms with Gasteiger partial charge in [-0.15, -0.1) is 0 Å². The van der Waals surface area contributed by atoms with Crippen molar-refractivity contribution in [3.8, 4) is 17.2 Å². The van der Waals surface area contributed by atoms with Crippen LogP contribution in [0.3, 0.4) is 0 Å². The van der Waals surface area contributed by atoms with E-state index >= 15 is 0 Å². The Morgan fingerprint density at radius 3 is 2.61 bits per heavy atom. The maximum atomic E-state index is 12.4. The average Bonchev–Trinajstić information content (AvgIpc) is 3.20. The van der Waals surface area contributed by atoms with Crippen molar-refractivity contribution in [3.05, 3.63) is 77.3 Å². The highest BCUT2D eigenvalue weighted by Crippen LogP contribution is 2.26. The van der Waals surface area contributed by atoms with Gasteiger partial charge in [-0.3, -0.25) is 10.1 Å². The molecule has 0 aliphatic rings. The molecule has 31 heavy (non-hydrogen) atoms. The molecule has 0 aliphatic heterocycles. The van der Waals surface area contributed by atoms with Crippen LogP contribution in [0.5, 0.6) is 5.75 Å². The number of hydrogen-bond donors (Lipinski definition) is 2. The lowest BCUT2D eigenvalue weighted by Gasteiger charge is -2.11. The number of benzene rings is 3. The smallest absolute Gasteiger partial charge is 0.257 e. The topological polar surface area (TPSA) is 76.4 Å². The Hall–Kier alpha value is -3.42. The second-order valence-electron chi connectivity index (χ2n) is 6.55. The fraction of sp³-hybridized carbons (Fsp3) is 0.0870. The lowest BCUT2D eigenvalue weighted by molar-refractivity contribution is 0.0977. The summed E-state index contributed by atoms with van der Waals surface area (Å²) in [7, 11) is 0. The van der Waals surface area contributed by atoms with E-state index in [1.54, 1.807) is 18.2 Å². The number of oxazole rings is 1. The van der Waals surface area contributed by atoms with Gasteiger partial charge in [0.15, 0.2) is 10.7 Å². The molecule has 156 valence electrons. The number of amides is 1. The summed E-state index contributed by atoms with van der Waals surface area (Å²) in [4.78, 5) is 16.9. The number of carbonyl (C=O) groups is 1. The van der Waals surface area contributed by atoms with Crippen LogP contribution in [0.1, 0.15) is 17.3 Å². The van der Waals surface area contributed by atoms with E-state index in [1.807, 2.05) is 55.5 Å². The lowest BCUT2D eigenvalue weighted by Crippen LogP contribution is -2.34. The van der Waals surface area contributed by atoms with Crippen molar-refractivity contribution < 1.29 is 13.9 Å². The molecule has 4 aromatic rings. The van der Waals surface area contributed by atoms with Gasteiger partial charge in [-0.25, -0.2) is 4.98 Å². The van der Waals surface area contributed by atoms with E-state index in [0.29, 0.717) is 28.8 Å². The van der Waals surface area contributed by atoms with Crippen LogP contribution in [0.25, 0.3) is 22.6 Å². The molecule has 1 amide bonds. The molecular formula is C23H18ClN3O3S. The van der Waals surface area contributed by atoms with E-state index in [1.165, 1.54) is 0 Å². The van der Waals surface area contributed by atoms with Crippen molar-refractivity contribution >= 4 is 51.6 Å². The third-order valence-corrected chi connectivity index (χ3v) is 4.90. The van der Waals surface area contributed by atoms with Crippen LogP contribution in [-0.4, -0.2) is 22.6 Å². The molecule has 0 radical (unpaired) electrons. The number of fused-ring (bicyclic) bond motifs is 1. The van der Waals surface area contributed by atoms with Gasteiger partial charge in [0.1, 0.15) is 11.3 Å². The number of anilines is 1. The zero-order valence-corrected chi connectivity index (χ0v) is 18.1. The van der Waals surface area contributed by atoms with Gasteiger partial charge in [0.25, 0.3) is 5.91 Å². The van der Waals surface area contributed by atoms with Gasteiger partial charge >= 0.3 is 0 Å². The van der Waals surface area contributed by atoms with Gasteiger partial charge in [-0.2, -0.15) is 0 Å². The first kappa shape index (κ1) is 20.8. The third-order valence-electron chi connectivity index (χ3n) is 4.40. The Bertz CT molecular complexity index is 1220. The molecule has 1 heterocycles. The molecule has 2 N–H and O–H groups in total. The van der Waals surface area contributed by atoms with E-state index in [0.717, 1.165) is 22.4 Å². The number of carbonyl (C=O) groups excluding carboxylic acids is 1. The van der Waals surface area contributed by atoms with Gasteiger partial charge in [0.2, 0.25) is 5.89 Å². The van der Waals surface area contributed by atoms with Crippen LogP contribution >= 0.6 is 23.8 Å². The standard InChI is InChI=1S/C23H18ClN3O3S/c1-2-29-19-12-9-15(13-17(19)24)21(28)27-23(31)25-16-10-7-14(8-11-16)22-26-18-5-3-4-6-20(18)30-22/h3-13H,2H2,1H3,(H2,25,27,28,31). The highest BCUT2D eigenvalue weighted by Gasteiger charge is 2.12. The van der Waals surface area contributed by atoms with E-state index < -0.39 is 0 Å². The van der Waals surface area contributed by atoms with Gasteiger partial charge < -0.3 is 14.5 Å². The average molecular weight is 452 g/mol. The molecule has 0 aliphatic carbocycles. The molecule has 0 bridgehead atoms. The maximum Gasteiger partial charge on any atom is 0.257 e. The predicted molar refractivity (Wildman–Crippen MR) is 126 cm³/mol. The molecule has 0 saturated carbocycles. The van der Waals surface area contributed by atoms with Gasteiger partial charge in [0.05, 0.1) is 11.6 Å². The van der Waals surface area contributed by atoms with Gasteiger partial charge in [-0.05, 0) is 73.7 Å².